The summed E-state index contributed by atoms with van der Waals surface area (Å²) in [5.74, 6) is -1.48. The van der Waals surface area contributed by atoms with Crippen LogP contribution in [0.25, 0.3) is 16.8 Å². The summed E-state index contributed by atoms with van der Waals surface area (Å²) in [6.07, 6.45) is 1.49. The molecule has 0 aliphatic rings. The van der Waals surface area contributed by atoms with Crippen molar-refractivity contribution in [2.45, 2.75) is 26.4 Å². The van der Waals surface area contributed by atoms with Gasteiger partial charge in [0, 0.05) is 0 Å². The van der Waals surface area contributed by atoms with Crippen LogP contribution in [0.2, 0.25) is 0 Å². The van der Waals surface area contributed by atoms with E-state index in [-0.39, 0.29) is 16.9 Å². The van der Waals surface area contributed by atoms with Gasteiger partial charge in [-0.15, -0.1) is 0 Å². The molecular formula is C24H22O4. The van der Waals surface area contributed by atoms with E-state index in [0.717, 1.165) is 10.8 Å². The van der Waals surface area contributed by atoms with Crippen molar-refractivity contribution in [2.24, 2.45) is 0 Å². The van der Waals surface area contributed by atoms with Crippen LogP contribution >= 0.6 is 0 Å². The molecule has 0 bridgehead atoms. The fourth-order valence-corrected chi connectivity index (χ4v) is 2.82. The third-order valence-corrected chi connectivity index (χ3v) is 4.08. The van der Waals surface area contributed by atoms with Crippen molar-refractivity contribution in [3.63, 3.8) is 0 Å². The molecule has 0 aromatic heterocycles. The van der Waals surface area contributed by atoms with Gasteiger partial charge in [0.05, 0.1) is 5.56 Å². The maximum Gasteiger partial charge on any atom is 0.342 e. The number of ketones is 1. The van der Waals surface area contributed by atoms with Gasteiger partial charge >= 0.3 is 5.97 Å². The summed E-state index contributed by atoms with van der Waals surface area (Å²) in [4.78, 5) is 26.0. The highest BCUT2D eigenvalue weighted by molar-refractivity contribution is 6.28. The fraction of sp³-hybridized carbons (Fsp3) is 0.167. The van der Waals surface area contributed by atoms with Crippen LogP contribution in [0.1, 0.15) is 36.7 Å². The van der Waals surface area contributed by atoms with Gasteiger partial charge in [-0.3, -0.25) is 4.79 Å². The molecule has 0 radical (unpaired) electrons. The summed E-state index contributed by atoms with van der Waals surface area (Å²) in [6, 6.07) is 19.6. The van der Waals surface area contributed by atoms with Crippen LogP contribution in [0, 0.1) is 0 Å². The average Bonchev–Trinajstić information content (AvgIpc) is 2.64. The fourth-order valence-electron chi connectivity index (χ4n) is 2.82. The SMILES string of the molecule is CC(C)(C)OC(=O)/C(=C\c1ccccc1)C(=O)c1cc2ccccc2cc1O. The maximum atomic E-state index is 13.2. The number of Topliss-reactive ketones (excluding diaryl/α,β-unsaturated/α-hetero) is 1. The molecule has 142 valence electrons. The summed E-state index contributed by atoms with van der Waals surface area (Å²) in [5, 5.41) is 12.0. The molecule has 0 fully saturated rings. The predicted octanol–water partition coefficient (Wildman–Crippen LogP) is 5.15. The number of phenolic OH excluding ortho intramolecular Hbond substituents is 1. The first kappa shape index (κ1) is 19.4. The monoisotopic (exact) mass is 374 g/mol. The molecule has 4 heteroatoms. The second-order valence-electron chi connectivity index (χ2n) is 7.52. The summed E-state index contributed by atoms with van der Waals surface area (Å²) in [5.41, 5.74) is -0.131. The molecule has 0 spiro atoms. The van der Waals surface area contributed by atoms with E-state index in [1.165, 1.54) is 12.1 Å². The van der Waals surface area contributed by atoms with E-state index in [1.807, 2.05) is 42.5 Å². The maximum absolute atomic E-state index is 13.2. The number of phenols is 1. The molecule has 1 N–H and O–H groups in total. The summed E-state index contributed by atoms with van der Waals surface area (Å²) < 4.78 is 5.43. The zero-order valence-corrected chi connectivity index (χ0v) is 16.1. The van der Waals surface area contributed by atoms with E-state index in [9.17, 15) is 14.7 Å². The molecule has 0 aliphatic carbocycles. The van der Waals surface area contributed by atoms with Crippen molar-refractivity contribution >= 4 is 28.6 Å². The zero-order valence-electron chi connectivity index (χ0n) is 16.1. The second-order valence-corrected chi connectivity index (χ2v) is 7.52. The van der Waals surface area contributed by atoms with Crippen molar-refractivity contribution in [1.82, 2.24) is 0 Å². The number of rotatable bonds is 4. The van der Waals surface area contributed by atoms with E-state index in [1.54, 1.807) is 39.0 Å². The molecule has 3 aromatic carbocycles. The Hall–Kier alpha value is -3.40. The average molecular weight is 374 g/mol. The molecule has 0 saturated heterocycles. The number of ether oxygens (including phenoxy) is 1. The molecule has 0 amide bonds. The molecule has 28 heavy (non-hydrogen) atoms. The number of hydrogen-bond acceptors (Lipinski definition) is 4. The Balaban J connectivity index is 2.09. The first-order valence-electron chi connectivity index (χ1n) is 9.01. The lowest BCUT2D eigenvalue weighted by Crippen LogP contribution is -2.27. The van der Waals surface area contributed by atoms with Gasteiger partial charge < -0.3 is 9.84 Å². The number of esters is 1. The van der Waals surface area contributed by atoms with Crippen LogP contribution in [0.4, 0.5) is 0 Å². The number of benzene rings is 3. The highest BCUT2D eigenvalue weighted by Crippen LogP contribution is 2.28. The van der Waals surface area contributed by atoms with Gasteiger partial charge in [0.1, 0.15) is 16.9 Å². The predicted molar refractivity (Wildman–Crippen MR) is 110 cm³/mol. The quantitative estimate of drug-likeness (QED) is 0.225. The van der Waals surface area contributed by atoms with Crippen molar-refractivity contribution in [3.05, 3.63) is 83.4 Å². The lowest BCUT2D eigenvalue weighted by molar-refractivity contribution is -0.149. The van der Waals surface area contributed by atoms with Crippen LogP contribution < -0.4 is 0 Å². The third kappa shape index (κ3) is 4.46. The molecule has 0 atom stereocenters. The Morgan fingerprint density at radius 1 is 0.893 bits per heavy atom. The summed E-state index contributed by atoms with van der Waals surface area (Å²) in [6.45, 7) is 5.22. The molecule has 3 aromatic rings. The summed E-state index contributed by atoms with van der Waals surface area (Å²) in [7, 11) is 0. The van der Waals surface area contributed by atoms with Crippen LogP contribution in [0.15, 0.2) is 72.3 Å². The van der Waals surface area contributed by atoms with E-state index < -0.39 is 17.4 Å². The lowest BCUT2D eigenvalue weighted by atomic mass is 9.97. The number of carbonyl (C=O) groups excluding carboxylic acids is 2. The Kier molecular flexibility index (Phi) is 5.32. The van der Waals surface area contributed by atoms with E-state index >= 15 is 0 Å². The van der Waals surface area contributed by atoms with Crippen molar-refractivity contribution in [3.8, 4) is 5.75 Å². The van der Waals surface area contributed by atoms with Gasteiger partial charge in [-0.2, -0.15) is 0 Å². The van der Waals surface area contributed by atoms with Crippen LogP contribution in [0.5, 0.6) is 5.75 Å². The first-order chi connectivity index (χ1) is 13.2. The van der Waals surface area contributed by atoms with E-state index in [0.29, 0.717) is 5.56 Å². The minimum absolute atomic E-state index is 0.0618. The largest absolute Gasteiger partial charge is 0.507 e. The standard InChI is InChI=1S/C24H22O4/c1-24(2,3)28-23(27)20(13-16-9-5-4-6-10-16)22(26)19-14-17-11-7-8-12-18(17)15-21(19)25/h4-15,25H,1-3H3/b20-13-. The Morgan fingerprint density at radius 2 is 1.46 bits per heavy atom. The third-order valence-electron chi connectivity index (χ3n) is 4.08. The molecule has 0 unspecified atom stereocenters. The van der Waals surface area contributed by atoms with Gasteiger partial charge in [-0.05, 0) is 55.3 Å². The zero-order chi connectivity index (χ0) is 20.3. The smallest absolute Gasteiger partial charge is 0.342 e. The van der Waals surface area contributed by atoms with E-state index in [4.69, 9.17) is 4.74 Å². The van der Waals surface area contributed by atoms with Gasteiger partial charge in [0.2, 0.25) is 5.78 Å². The van der Waals surface area contributed by atoms with E-state index in [2.05, 4.69) is 0 Å². The Morgan fingerprint density at radius 3 is 2.07 bits per heavy atom. The number of hydrogen-bond donors (Lipinski definition) is 1. The first-order valence-corrected chi connectivity index (χ1v) is 9.01. The van der Waals surface area contributed by atoms with Crippen molar-refractivity contribution in [2.75, 3.05) is 0 Å². The number of fused-ring (bicyclic) bond motifs is 1. The highest BCUT2D eigenvalue weighted by Gasteiger charge is 2.27. The molecule has 0 aliphatic heterocycles. The van der Waals surface area contributed by atoms with Crippen molar-refractivity contribution < 1.29 is 19.4 Å². The van der Waals surface area contributed by atoms with Crippen LogP contribution in [-0.4, -0.2) is 22.5 Å². The molecular weight excluding hydrogens is 352 g/mol. The minimum atomic E-state index is -0.751. The van der Waals surface area contributed by atoms with Gasteiger partial charge in [-0.1, -0.05) is 54.6 Å². The Labute approximate surface area is 164 Å². The molecule has 0 heterocycles. The van der Waals surface area contributed by atoms with Crippen LogP contribution in [-0.2, 0) is 9.53 Å². The molecule has 0 saturated carbocycles. The van der Waals surface area contributed by atoms with Crippen LogP contribution in [0.3, 0.4) is 0 Å². The van der Waals surface area contributed by atoms with Crippen molar-refractivity contribution in [1.29, 1.82) is 0 Å². The normalized spacial score (nSPS) is 12.0. The highest BCUT2D eigenvalue weighted by atomic mass is 16.6. The Bertz CT molecular complexity index is 1060. The molecule has 4 nitrogen and oxygen atoms in total. The molecule has 3 rings (SSSR count). The topological polar surface area (TPSA) is 63.6 Å². The van der Waals surface area contributed by atoms with Gasteiger partial charge in [0.15, 0.2) is 0 Å². The van der Waals surface area contributed by atoms with Gasteiger partial charge in [-0.25, -0.2) is 4.79 Å². The number of aromatic hydroxyl groups is 1. The number of carbonyl (C=O) groups is 2. The second kappa shape index (κ2) is 7.69. The minimum Gasteiger partial charge on any atom is -0.507 e. The lowest BCUT2D eigenvalue weighted by Gasteiger charge is -2.20. The van der Waals surface area contributed by atoms with Gasteiger partial charge in [0.25, 0.3) is 0 Å². The summed E-state index contributed by atoms with van der Waals surface area (Å²) >= 11 is 0.